The third kappa shape index (κ3) is 5.21. The zero-order chi connectivity index (χ0) is 32.8. The summed E-state index contributed by atoms with van der Waals surface area (Å²) in [6.45, 7) is -4.70. The molecule has 0 radical (unpaired) electrons. The molecule has 252 valence electrons. The summed E-state index contributed by atoms with van der Waals surface area (Å²) in [4.78, 5) is 46.7. The van der Waals surface area contributed by atoms with Gasteiger partial charge < -0.3 is 39.8 Å². The van der Waals surface area contributed by atoms with Crippen molar-refractivity contribution in [3.05, 3.63) is 29.3 Å². The van der Waals surface area contributed by atoms with E-state index in [2.05, 4.69) is 34.6 Å². The number of ether oxygens (including phenoxy) is 4. The van der Waals surface area contributed by atoms with Gasteiger partial charge in [-0.2, -0.15) is 18.1 Å². The number of nitrogens with one attached hydrogen (secondary N) is 2. The van der Waals surface area contributed by atoms with Crippen LogP contribution in [-0.4, -0.2) is 115 Å². The molecule has 8 heterocycles. The molecule has 4 aromatic heterocycles. The number of anilines is 2. The van der Waals surface area contributed by atoms with Gasteiger partial charge in [0.15, 0.2) is 41.2 Å². The maximum atomic E-state index is 13.7. The van der Waals surface area contributed by atoms with Crippen LogP contribution in [0.5, 0.6) is 0 Å². The van der Waals surface area contributed by atoms with Crippen molar-refractivity contribution in [3.8, 4) is 0 Å². The zero-order valence-electron chi connectivity index (χ0n) is 23.9. The molecule has 4 aromatic rings. The smallest absolute Gasteiger partial charge is 0.336 e. The molecule has 0 spiro atoms. The first-order chi connectivity index (χ1) is 22.4. The van der Waals surface area contributed by atoms with Gasteiger partial charge in [-0.25, -0.2) is 24.1 Å². The number of methoxy groups -OCH3 is 1. The Labute approximate surface area is 268 Å². The molecule has 10 unspecified atom stereocenters. The van der Waals surface area contributed by atoms with Gasteiger partial charge in [-0.3, -0.25) is 23.4 Å². The molecule has 8 rings (SSSR count). The normalized spacial score (nSPS) is 37.0. The van der Waals surface area contributed by atoms with Gasteiger partial charge in [0.25, 0.3) is 5.56 Å². The van der Waals surface area contributed by atoms with Gasteiger partial charge in [0.05, 0.1) is 31.9 Å². The fourth-order valence-electron chi connectivity index (χ4n) is 6.27. The van der Waals surface area contributed by atoms with Crippen molar-refractivity contribution in [3.63, 3.8) is 0 Å². The molecule has 0 amide bonds. The highest BCUT2D eigenvalue weighted by Crippen LogP contribution is 2.52. The lowest BCUT2D eigenvalue weighted by molar-refractivity contribution is -0.0796. The van der Waals surface area contributed by atoms with Crippen LogP contribution in [0, 0.1) is 0 Å². The topological polar surface area (TPSA) is 290 Å². The summed E-state index contributed by atoms with van der Waals surface area (Å²) < 4.78 is 74.1. The summed E-state index contributed by atoms with van der Waals surface area (Å²) in [6.07, 6.45) is -5.04. The van der Waals surface area contributed by atoms with E-state index in [-0.39, 0.29) is 29.5 Å². The molecule has 10 atom stereocenters. The fraction of sp³-hybridized carbons (Fsp3) is 0.545. The monoisotopic (exact) mass is 715 g/mol. The van der Waals surface area contributed by atoms with E-state index in [4.69, 9.17) is 55.5 Å². The molecule has 4 aliphatic rings. The predicted molar refractivity (Wildman–Crippen MR) is 159 cm³/mol. The zero-order valence-corrected chi connectivity index (χ0v) is 26.4. The Kier molecular flexibility index (Phi) is 7.36. The average Bonchev–Trinajstić information content (AvgIpc) is 3.75. The molecule has 4 fully saturated rings. The highest BCUT2D eigenvalue weighted by molar-refractivity contribution is 8.07. The highest BCUT2D eigenvalue weighted by atomic mass is 32.5. The summed E-state index contributed by atoms with van der Waals surface area (Å²) in [5.41, 5.74) is 11.6. The average molecular weight is 716 g/mol. The third-order valence-corrected chi connectivity index (χ3v) is 10.9. The molecule has 25 heteroatoms. The molecule has 6 bridgehead atoms. The number of hydrogen-bond donors (Lipinski definition) is 5. The van der Waals surface area contributed by atoms with Crippen molar-refractivity contribution >= 4 is 62.9 Å². The van der Waals surface area contributed by atoms with Crippen LogP contribution in [0.15, 0.2) is 23.8 Å². The molecule has 4 saturated heterocycles. The summed E-state index contributed by atoms with van der Waals surface area (Å²) in [5.74, 6) is -0.0729. The molecule has 0 saturated carbocycles. The predicted octanol–water partition coefficient (Wildman–Crippen LogP) is -2.45. The Balaban J connectivity index is 1.16. The van der Waals surface area contributed by atoms with E-state index < -0.39 is 84.3 Å². The molecular formula is C22H26N11O11PS2. The number of aromatic amines is 1. The minimum absolute atomic E-state index is 0.0117. The number of nitrogens with two attached hydrogens (primary N) is 2. The minimum Gasteiger partial charge on any atom is -0.382 e. The van der Waals surface area contributed by atoms with Gasteiger partial charge in [0.1, 0.15) is 42.4 Å². The van der Waals surface area contributed by atoms with Crippen molar-refractivity contribution in [2.75, 3.05) is 31.8 Å². The van der Waals surface area contributed by atoms with Gasteiger partial charge in [0.2, 0.25) is 5.95 Å². The fourth-order valence-corrected chi connectivity index (χ4v) is 8.82. The van der Waals surface area contributed by atoms with Crippen LogP contribution in [0.2, 0.25) is 0 Å². The van der Waals surface area contributed by atoms with E-state index in [0.717, 1.165) is 0 Å². The van der Waals surface area contributed by atoms with Crippen molar-refractivity contribution < 1.29 is 45.5 Å². The Morgan fingerprint density at radius 1 is 1.02 bits per heavy atom. The summed E-state index contributed by atoms with van der Waals surface area (Å²) >= 11 is 5.38. The maximum Gasteiger partial charge on any atom is 0.336 e. The van der Waals surface area contributed by atoms with Crippen LogP contribution in [0.25, 0.3) is 22.3 Å². The van der Waals surface area contributed by atoms with Gasteiger partial charge in [-0.05, 0) is 11.8 Å². The summed E-state index contributed by atoms with van der Waals surface area (Å²) in [7, 11) is -3.35. The Hall–Kier alpha value is -3.26. The lowest BCUT2D eigenvalue weighted by Crippen LogP contribution is -2.56. The van der Waals surface area contributed by atoms with E-state index in [1.54, 1.807) is 0 Å². The van der Waals surface area contributed by atoms with E-state index in [1.165, 1.54) is 35.2 Å². The number of aromatic nitrogens is 8. The van der Waals surface area contributed by atoms with Crippen LogP contribution in [0.4, 0.5) is 11.8 Å². The largest absolute Gasteiger partial charge is 0.382 e. The first kappa shape index (κ1) is 31.0. The van der Waals surface area contributed by atoms with E-state index in [1.807, 2.05) is 0 Å². The Morgan fingerprint density at radius 3 is 2.55 bits per heavy atom. The number of nitrogen functional groups attached to an aromatic ring is 2. The van der Waals surface area contributed by atoms with Crippen LogP contribution in [0.3, 0.4) is 0 Å². The second kappa shape index (κ2) is 11.1. The third-order valence-electron chi connectivity index (χ3n) is 8.22. The maximum absolute atomic E-state index is 13.7. The number of rotatable bonds is 3. The Morgan fingerprint density at radius 2 is 1.77 bits per heavy atom. The van der Waals surface area contributed by atoms with Crippen molar-refractivity contribution in [2.24, 2.45) is 0 Å². The molecule has 47 heavy (non-hydrogen) atoms. The standard InChI is InChI=1S/C22H26N11O11PS2/c1-38-12-8-3-40-45(35,46)43-13-11-7(2-39-14(13)20(42-11)32-5-27-9-16(23)25-4-26-17(9)32)31-47(36,37)44-15(12)21(41-8)33-6-28-10-18(33)29-22(24)30-19(10)34/h4-8,11-15,20-21,31H,2-3H2,1H3,(H,35,46)(H2,23,25,26)(H3,24,29,30,34). The second-order valence-corrected chi connectivity index (χ2v) is 15.1. The molecule has 7 N–H and O–H groups in total. The molecule has 0 aromatic carbocycles. The molecule has 0 aliphatic carbocycles. The number of fused-ring (bicyclic) bond motifs is 4. The van der Waals surface area contributed by atoms with Crippen LogP contribution in [-0.2, 0) is 54.3 Å². The molecule has 22 nitrogen and oxygen atoms in total. The minimum atomic E-state index is -4.66. The first-order valence-electron chi connectivity index (χ1n) is 13.9. The van der Waals surface area contributed by atoms with E-state index >= 15 is 0 Å². The number of H-pyrrole nitrogens is 1. The lowest BCUT2D eigenvalue weighted by atomic mass is 10.0. The summed E-state index contributed by atoms with van der Waals surface area (Å²) in [5, 5.41) is 0. The number of nitrogens with zero attached hydrogens (tertiary/aromatic N) is 7. The van der Waals surface area contributed by atoms with Crippen LogP contribution >= 0.6 is 6.72 Å². The van der Waals surface area contributed by atoms with Gasteiger partial charge in [0, 0.05) is 7.11 Å². The Bertz CT molecular complexity index is 2100. The lowest BCUT2D eigenvalue weighted by Gasteiger charge is -2.35. The first-order valence-corrected chi connectivity index (χ1v) is 17.9. The molecular weight excluding hydrogens is 689 g/mol. The van der Waals surface area contributed by atoms with Crippen molar-refractivity contribution in [1.82, 2.24) is 43.8 Å². The van der Waals surface area contributed by atoms with Crippen molar-refractivity contribution in [1.29, 1.82) is 0 Å². The van der Waals surface area contributed by atoms with Crippen molar-refractivity contribution in [2.45, 2.75) is 55.1 Å². The second-order valence-electron chi connectivity index (χ2n) is 11.0. The van der Waals surface area contributed by atoms with Gasteiger partial charge in [-0.1, -0.05) is 0 Å². The number of hydrogen-bond acceptors (Lipinski definition) is 18. The van der Waals surface area contributed by atoms with Gasteiger partial charge in [-0.15, -0.1) is 0 Å². The summed E-state index contributed by atoms with van der Waals surface area (Å²) in [6, 6.07) is -1.11. The quantitative estimate of drug-likeness (QED) is 0.138. The van der Waals surface area contributed by atoms with E-state index in [0.29, 0.717) is 11.2 Å². The SMILES string of the molecule is COC1C2COP(O)(=S)OC3C4OC(n5cnc6c(N)ncnc65)C3OCC4NS(=O)(=O)OC1C(n1cnc3c(=O)[nH]c(N)nc31)O2. The number of imidazole rings is 2. The van der Waals surface area contributed by atoms with Crippen LogP contribution in [0.1, 0.15) is 12.5 Å². The highest BCUT2D eigenvalue weighted by Gasteiger charge is 2.58. The molecule has 4 aliphatic heterocycles. The van der Waals surface area contributed by atoms with E-state index in [9.17, 15) is 18.1 Å². The van der Waals surface area contributed by atoms with Gasteiger partial charge >= 0.3 is 17.0 Å². The van der Waals surface area contributed by atoms with Crippen LogP contribution < -0.4 is 21.7 Å².